The molecule has 7 heteroatoms. The second kappa shape index (κ2) is 10.7. The molecule has 0 radical (unpaired) electrons. The highest BCUT2D eigenvalue weighted by molar-refractivity contribution is 8.00. The van der Waals surface area contributed by atoms with Crippen LogP contribution in [0.4, 0.5) is 0 Å². The minimum Gasteiger partial charge on any atom is -0.497 e. The van der Waals surface area contributed by atoms with Gasteiger partial charge in [0.2, 0.25) is 0 Å². The van der Waals surface area contributed by atoms with Gasteiger partial charge in [-0.1, -0.05) is 42.5 Å². The topological polar surface area (TPSA) is 81.3 Å². The number of methoxy groups -OCH3 is 1. The highest BCUT2D eigenvalue weighted by Gasteiger charge is 2.42. The van der Waals surface area contributed by atoms with E-state index < -0.39 is 16.6 Å². The van der Waals surface area contributed by atoms with E-state index in [0.29, 0.717) is 22.7 Å². The van der Waals surface area contributed by atoms with Gasteiger partial charge in [-0.25, -0.2) is 0 Å². The van der Waals surface area contributed by atoms with Crippen molar-refractivity contribution in [2.75, 3.05) is 13.7 Å². The maximum atomic E-state index is 13.9. The number of thioether (sulfide) groups is 1. The number of Topliss-reactive ketones (excluding diaryl/α,β-unsaturated/α-hetero) is 1. The van der Waals surface area contributed by atoms with Crippen LogP contribution < -0.4 is 4.74 Å². The van der Waals surface area contributed by atoms with E-state index in [1.807, 2.05) is 75.4 Å². The fourth-order valence-corrected chi connectivity index (χ4v) is 4.57. The van der Waals surface area contributed by atoms with Crippen LogP contribution in [0.1, 0.15) is 43.5 Å². The van der Waals surface area contributed by atoms with Gasteiger partial charge in [0, 0.05) is 22.6 Å². The molecule has 1 atom stereocenters. The number of ether oxygens (including phenoxy) is 2. The number of aryl methyl sites for hydroxylation is 1. The molecule has 33 heavy (non-hydrogen) atoms. The van der Waals surface area contributed by atoms with Gasteiger partial charge in [0.1, 0.15) is 11.7 Å². The van der Waals surface area contributed by atoms with Crippen molar-refractivity contribution in [3.63, 3.8) is 0 Å². The van der Waals surface area contributed by atoms with Gasteiger partial charge in [-0.05, 0) is 45.4 Å². The summed E-state index contributed by atoms with van der Waals surface area (Å²) < 4.78 is 9.73. The molecule has 3 rings (SSSR count). The van der Waals surface area contributed by atoms with Crippen molar-refractivity contribution in [3.05, 3.63) is 71.4 Å². The minimum atomic E-state index is -1.07. The van der Waals surface area contributed by atoms with Gasteiger partial charge in [-0.2, -0.15) is 5.10 Å². The summed E-state index contributed by atoms with van der Waals surface area (Å²) in [5, 5.41) is 7.38. The standard InChI is InChI=1S/C26H30N2O4S/c1-6-32-25(30)22(21-17(2)27-28-23(21)19-10-8-7-9-11-19)24(29)26(3,4)33-16-18-12-14-20(31-5)15-13-18/h7-15,22H,6,16H2,1-5H3,(H,27,28). The lowest BCUT2D eigenvalue weighted by molar-refractivity contribution is -0.148. The average molecular weight is 467 g/mol. The highest BCUT2D eigenvalue weighted by Crippen LogP contribution is 2.39. The fraction of sp³-hybridized carbons (Fsp3) is 0.346. The van der Waals surface area contributed by atoms with E-state index in [1.54, 1.807) is 14.0 Å². The number of ketones is 1. The zero-order chi connectivity index (χ0) is 24.0. The zero-order valence-electron chi connectivity index (χ0n) is 19.7. The predicted molar refractivity (Wildman–Crippen MR) is 132 cm³/mol. The SMILES string of the molecule is CCOC(=O)C(C(=O)C(C)(C)SCc1ccc(OC)cc1)c1c(-c2ccccc2)n[nH]c1C. The van der Waals surface area contributed by atoms with Crippen LogP contribution in [0.15, 0.2) is 54.6 Å². The van der Waals surface area contributed by atoms with Crippen molar-refractivity contribution >= 4 is 23.5 Å². The van der Waals surface area contributed by atoms with Gasteiger partial charge in [0.25, 0.3) is 0 Å². The first-order valence-corrected chi connectivity index (χ1v) is 11.8. The minimum absolute atomic E-state index is 0.194. The first-order chi connectivity index (χ1) is 15.8. The number of nitrogens with one attached hydrogen (secondary N) is 1. The number of H-pyrrole nitrogens is 1. The van der Waals surface area contributed by atoms with Crippen molar-refractivity contribution in [2.24, 2.45) is 0 Å². The van der Waals surface area contributed by atoms with E-state index in [1.165, 1.54) is 11.8 Å². The fourth-order valence-electron chi connectivity index (χ4n) is 3.59. The summed E-state index contributed by atoms with van der Waals surface area (Å²) in [7, 11) is 1.63. The summed E-state index contributed by atoms with van der Waals surface area (Å²) in [5.74, 6) is -0.431. The van der Waals surface area contributed by atoms with E-state index in [-0.39, 0.29) is 12.4 Å². The van der Waals surface area contributed by atoms with Gasteiger partial charge in [-0.3, -0.25) is 14.7 Å². The van der Waals surface area contributed by atoms with Crippen LogP contribution in [-0.4, -0.2) is 40.4 Å². The maximum absolute atomic E-state index is 13.9. The first-order valence-electron chi connectivity index (χ1n) is 10.9. The lowest BCUT2D eigenvalue weighted by Gasteiger charge is -2.27. The molecule has 0 aliphatic rings. The van der Waals surface area contributed by atoms with Gasteiger partial charge in [0.05, 0.1) is 24.2 Å². The number of benzene rings is 2. The molecule has 174 valence electrons. The summed E-state index contributed by atoms with van der Waals surface area (Å²) in [6, 6.07) is 17.3. The van der Waals surface area contributed by atoms with Crippen LogP contribution in [0.3, 0.4) is 0 Å². The molecular weight excluding hydrogens is 436 g/mol. The number of rotatable bonds is 10. The number of aromatic nitrogens is 2. The van der Waals surface area contributed by atoms with Crippen LogP contribution in [0.25, 0.3) is 11.3 Å². The zero-order valence-corrected chi connectivity index (χ0v) is 20.5. The van der Waals surface area contributed by atoms with Gasteiger partial charge in [-0.15, -0.1) is 11.8 Å². The molecule has 0 saturated carbocycles. The van der Waals surface area contributed by atoms with Crippen LogP contribution >= 0.6 is 11.8 Å². The number of esters is 1. The average Bonchev–Trinajstić information content (AvgIpc) is 3.20. The van der Waals surface area contributed by atoms with Gasteiger partial charge in [0.15, 0.2) is 5.78 Å². The molecule has 1 aromatic heterocycles. The van der Waals surface area contributed by atoms with E-state index in [2.05, 4.69) is 10.2 Å². The predicted octanol–water partition coefficient (Wildman–Crippen LogP) is 5.32. The summed E-state index contributed by atoms with van der Waals surface area (Å²) in [6.07, 6.45) is 0. The third-order valence-corrected chi connectivity index (χ3v) is 6.87. The third-order valence-electron chi connectivity index (χ3n) is 5.47. The van der Waals surface area contributed by atoms with Crippen molar-refractivity contribution in [1.29, 1.82) is 0 Å². The molecule has 0 amide bonds. The molecule has 0 aliphatic heterocycles. The number of hydrogen-bond acceptors (Lipinski definition) is 6. The molecule has 0 aliphatic carbocycles. The van der Waals surface area contributed by atoms with Crippen molar-refractivity contribution in [1.82, 2.24) is 10.2 Å². The molecule has 0 spiro atoms. The molecule has 6 nitrogen and oxygen atoms in total. The Morgan fingerprint density at radius 1 is 1.09 bits per heavy atom. The molecule has 1 N–H and O–H groups in total. The number of nitrogens with zero attached hydrogens (tertiary/aromatic N) is 1. The Balaban J connectivity index is 1.93. The molecule has 2 aromatic carbocycles. The number of aromatic amines is 1. The summed E-state index contributed by atoms with van der Waals surface area (Å²) in [5.41, 5.74) is 3.75. The molecule has 3 aromatic rings. The van der Waals surface area contributed by atoms with Crippen LogP contribution in [0.2, 0.25) is 0 Å². The van der Waals surface area contributed by atoms with E-state index in [0.717, 1.165) is 16.9 Å². The van der Waals surface area contributed by atoms with Crippen LogP contribution in [-0.2, 0) is 20.1 Å². The number of hydrogen-bond donors (Lipinski definition) is 1. The van der Waals surface area contributed by atoms with Crippen LogP contribution in [0.5, 0.6) is 5.75 Å². The summed E-state index contributed by atoms with van der Waals surface area (Å²) in [6.45, 7) is 7.47. The number of carbonyl (C=O) groups excluding carboxylic acids is 2. The molecule has 1 unspecified atom stereocenters. The van der Waals surface area contributed by atoms with E-state index >= 15 is 0 Å². The van der Waals surface area contributed by atoms with Crippen molar-refractivity contribution < 1.29 is 19.1 Å². The van der Waals surface area contributed by atoms with E-state index in [9.17, 15) is 9.59 Å². The third kappa shape index (κ3) is 5.66. The second-order valence-electron chi connectivity index (χ2n) is 8.17. The first kappa shape index (κ1) is 24.6. The molecule has 1 heterocycles. The van der Waals surface area contributed by atoms with E-state index in [4.69, 9.17) is 9.47 Å². The Hall–Kier alpha value is -3.06. The Bertz CT molecular complexity index is 1090. The lowest BCUT2D eigenvalue weighted by atomic mass is 9.85. The normalized spacial score (nSPS) is 12.3. The molecule has 0 bridgehead atoms. The molecular formula is C26H30N2O4S. The summed E-state index contributed by atoms with van der Waals surface area (Å²) in [4.78, 5) is 27.0. The Morgan fingerprint density at radius 3 is 2.36 bits per heavy atom. The Labute approximate surface area is 199 Å². The van der Waals surface area contributed by atoms with Gasteiger partial charge < -0.3 is 9.47 Å². The largest absolute Gasteiger partial charge is 0.497 e. The number of carbonyl (C=O) groups is 2. The Morgan fingerprint density at radius 2 is 1.76 bits per heavy atom. The van der Waals surface area contributed by atoms with Gasteiger partial charge >= 0.3 is 5.97 Å². The second-order valence-corrected chi connectivity index (χ2v) is 9.77. The molecule has 0 fully saturated rings. The van der Waals surface area contributed by atoms with Crippen molar-refractivity contribution in [3.8, 4) is 17.0 Å². The van der Waals surface area contributed by atoms with Crippen molar-refractivity contribution in [2.45, 2.75) is 44.1 Å². The maximum Gasteiger partial charge on any atom is 0.321 e. The van der Waals surface area contributed by atoms with Crippen LogP contribution in [0, 0.1) is 6.92 Å². The smallest absolute Gasteiger partial charge is 0.321 e. The summed E-state index contributed by atoms with van der Waals surface area (Å²) >= 11 is 1.49. The molecule has 0 saturated heterocycles. The highest BCUT2D eigenvalue weighted by atomic mass is 32.2. The quantitative estimate of drug-likeness (QED) is 0.322. The monoisotopic (exact) mass is 466 g/mol. The Kier molecular flexibility index (Phi) is 7.97. The lowest BCUT2D eigenvalue weighted by Crippen LogP contribution is -2.38.